The molecule has 1 aromatic heterocycles. The van der Waals surface area contributed by atoms with Crippen LogP contribution in [-0.4, -0.2) is 28.3 Å². The Hall–Kier alpha value is -3.48. The Kier molecular flexibility index (Phi) is 4.07. The molecule has 0 aliphatic carbocycles. The minimum Gasteiger partial charge on any atom is -0.504 e. The van der Waals surface area contributed by atoms with Crippen molar-refractivity contribution in [2.45, 2.75) is 13.8 Å². The van der Waals surface area contributed by atoms with Crippen LogP contribution in [0.3, 0.4) is 0 Å². The number of aromatic hydroxyl groups is 3. The van der Waals surface area contributed by atoms with Gasteiger partial charge >= 0.3 is 0 Å². The summed E-state index contributed by atoms with van der Waals surface area (Å²) in [4.78, 5) is 25.8. The van der Waals surface area contributed by atoms with Crippen molar-refractivity contribution in [2.24, 2.45) is 0 Å². The van der Waals surface area contributed by atoms with Gasteiger partial charge in [-0.15, -0.1) is 0 Å². The molecule has 0 atom stereocenters. The Labute approximate surface area is 148 Å². The van der Waals surface area contributed by atoms with Gasteiger partial charge in [0.2, 0.25) is 17.1 Å². The predicted molar refractivity (Wildman–Crippen MR) is 96.7 cm³/mol. The summed E-state index contributed by atoms with van der Waals surface area (Å²) < 4.78 is 5.78. The Morgan fingerprint density at radius 2 is 1.77 bits per heavy atom. The third-order valence-electron chi connectivity index (χ3n) is 4.16. The van der Waals surface area contributed by atoms with Crippen molar-refractivity contribution in [3.8, 4) is 28.6 Å². The summed E-state index contributed by atoms with van der Waals surface area (Å²) in [7, 11) is 1.55. The van der Waals surface area contributed by atoms with Crippen molar-refractivity contribution in [2.75, 3.05) is 11.9 Å². The third kappa shape index (κ3) is 2.73. The first-order valence-electron chi connectivity index (χ1n) is 7.77. The minimum atomic E-state index is -0.657. The summed E-state index contributed by atoms with van der Waals surface area (Å²) in [5, 5.41) is 29.6. The van der Waals surface area contributed by atoms with Gasteiger partial charge in [0.15, 0.2) is 22.8 Å². The number of fused-ring (bicyclic) bond motifs is 1. The zero-order chi connectivity index (χ0) is 19.2. The number of amides is 1. The molecule has 26 heavy (non-hydrogen) atoms. The lowest BCUT2D eigenvalue weighted by molar-refractivity contribution is -0.116. The van der Waals surface area contributed by atoms with Gasteiger partial charge in [0, 0.05) is 19.5 Å². The van der Waals surface area contributed by atoms with Gasteiger partial charge in [-0.3, -0.25) is 9.59 Å². The fourth-order valence-corrected chi connectivity index (χ4v) is 2.69. The van der Waals surface area contributed by atoms with Crippen LogP contribution in [0.25, 0.3) is 22.3 Å². The van der Waals surface area contributed by atoms with E-state index in [0.717, 1.165) is 5.56 Å². The first kappa shape index (κ1) is 17.3. The van der Waals surface area contributed by atoms with E-state index >= 15 is 0 Å². The molecule has 7 nitrogen and oxygen atoms in total. The standard InChI is InChI=1S/C19H17NO6/c1-9-6-12-16(24)17(25)18(11-4-5-14(22)15(23)8-11)26-19(12)13(7-9)20(3)10(2)21/h4-8,22-23,25H,1-3H3. The molecule has 3 N–H and O–H groups in total. The van der Waals surface area contributed by atoms with Gasteiger partial charge < -0.3 is 24.6 Å². The van der Waals surface area contributed by atoms with Gasteiger partial charge in [-0.25, -0.2) is 0 Å². The van der Waals surface area contributed by atoms with E-state index in [4.69, 9.17) is 4.42 Å². The van der Waals surface area contributed by atoms with E-state index in [2.05, 4.69) is 0 Å². The fraction of sp³-hybridized carbons (Fsp3) is 0.158. The van der Waals surface area contributed by atoms with Gasteiger partial charge in [0.25, 0.3) is 0 Å². The Morgan fingerprint density at radius 1 is 1.08 bits per heavy atom. The topological polar surface area (TPSA) is 111 Å². The number of anilines is 1. The first-order chi connectivity index (χ1) is 12.2. The molecule has 0 spiro atoms. The highest BCUT2D eigenvalue weighted by Gasteiger charge is 2.21. The molecule has 1 amide bonds. The van der Waals surface area contributed by atoms with E-state index in [1.807, 2.05) is 0 Å². The van der Waals surface area contributed by atoms with Crippen LogP contribution < -0.4 is 10.3 Å². The molecule has 1 heterocycles. The monoisotopic (exact) mass is 355 g/mol. The summed E-state index contributed by atoms with van der Waals surface area (Å²) in [5.41, 5.74) is 0.791. The van der Waals surface area contributed by atoms with Crippen molar-refractivity contribution < 1.29 is 24.5 Å². The highest BCUT2D eigenvalue weighted by atomic mass is 16.4. The molecule has 0 saturated heterocycles. The summed E-state index contributed by atoms with van der Waals surface area (Å²) in [6.45, 7) is 3.14. The molecule has 2 aromatic carbocycles. The molecule has 3 rings (SSSR count). The highest BCUT2D eigenvalue weighted by Crippen LogP contribution is 2.37. The van der Waals surface area contributed by atoms with Gasteiger partial charge in [-0.2, -0.15) is 0 Å². The van der Waals surface area contributed by atoms with Crippen molar-refractivity contribution in [3.05, 3.63) is 46.1 Å². The van der Waals surface area contributed by atoms with Crippen LogP contribution in [0, 0.1) is 6.92 Å². The summed E-state index contributed by atoms with van der Waals surface area (Å²) >= 11 is 0. The number of benzene rings is 2. The number of phenols is 2. The van der Waals surface area contributed by atoms with Crippen molar-refractivity contribution in [1.82, 2.24) is 0 Å². The number of hydrogen-bond donors (Lipinski definition) is 3. The molecule has 0 unspecified atom stereocenters. The van der Waals surface area contributed by atoms with Crippen molar-refractivity contribution in [1.29, 1.82) is 0 Å². The molecule has 134 valence electrons. The molecule has 0 aliphatic heterocycles. The second-order valence-corrected chi connectivity index (χ2v) is 6.05. The molecule has 0 aliphatic rings. The van der Waals surface area contributed by atoms with Gasteiger partial charge in [-0.1, -0.05) is 0 Å². The van der Waals surface area contributed by atoms with Crippen LogP contribution in [0.2, 0.25) is 0 Å². The fourth-order valence-electron chi connectivity index (χ4n) is 2.69. The summed E-state index contributed by atoms with van der Waals surface area (Å²) in [5.74, 6) is -1.81. The molecule has 3 aromatic rings. The molecule has 0 fully saturated rings. The predicted octanol–water partition coefficient (Wildman–Crippen LogP) is 2.87. The normalized spacial score (nSPS) is 10.9. The molecule has 0 radical (unpaired) electrons. The quantitative estimate of drug-likeness (QED) is 0.610. The van der Waals surface area contributed by atoms with Crippen LogP contribution in [0.1, 0.15) is 12.5 Å². The summed E-state index contributed by atoms with van der Waals surface area (Å²) in [6, 6.07) is 7.04. The number of aryl methyl sites for hydroxylation is 1. The number of carbonyl (C=O) groups is 1. The number of rotatable bonds is 2. The highest BCUT2D eigenvalue weighted by molar-refractivity contribution is 6.01. The average Bonchev–Trinajstić information content (AvgIpc) is 2.59. The van der Waals surface area contributed by atoms with Crippen LogP contribution in [0.4, 0.5) is 5.69 Å². The van der Waals surface area contributed by atoms with Gasteiger partial charge in [-0.05, 0) is 42.8 Å². The number of carbonyl (C=O) groups excluding carboxylic acids is 1. The van der Waals surface area contributed by atoms with Gasteiger partial charge in [0.05, 0.1) is 11.1 Å². The van der Waals surface area contributed by atoms with E-state index in [0.29, 0.717) is 5.69 Å². The largest absolute Gasteiger partial charge is 0.504 e. The third-order valence-corrected chi connectivity index (χ3v) is 4.16. The van der Waals surface area contributed by atoms with Crippen LogP contribution in [-0.2, 0) is 4.79 Å². The minimum absolute atomic E-state index is 0.136. The van der Waals surface area contributed by atoms with Crippen LogP contribution in [0.5, 0.6) is 17.2 Å². The van der Waals surface area contributed by atoms with E-state index in [-0.39, 0.29) is 33.9 Å². The zero-order valence-electron chi connectivity index (χ0n) is 14.4. The van der Waals surface area contributed by atoms with E-state index in [1.165, 1.54) is 30.0 Å². The Bertz CT molecular complexity index is 1100. The second-order valence-electron chi connectivity index (χ2n) is 6.05. The first-order valence-corrected chi connectivity index (χ1v) is 7.77. The lowest BCUT2D eigenvalue weighted by Crippen LogP contribution is -2.23. The molecular weight excluding hydrogens is 338 g/mol. The maximum absolute atomic E-state index is 12.6. The number of nitrogens with zero attached hydrogens (tertiary/aromatic N) is 1. The molecular formula is C19H17NO6. The molecule has 7 heteroatoms. The average molecular weight is 355 g/mol. The molecule has 0 saturated carbocycles. The van der Waals surface area contributed by atoms with E-state index in [1.54, 1.807) is 26.1 Å². The SMILES string of the molecule is CC(=O)N(C)c1cc(C)cc2c(=O)c(O)c(-c3ccc(O)c(O)c3)oc12. The van der Waals surface area contributed by atoms with Gasteiger partial charge in [0.1, 0.15) is 0 Å². The maximum Gasteiger partial charge on any atom is 0.235 e. The number of phenolic OH excluding ortho intramolecular Hbond substituents is 2. The Balaban J connectivity index is 2.39. The van der Waals surface area contributed by atoms with Crippen molar-refractivity contribution >= 4 is 22.6 Å². The Morgan fingerprint density at radius 3 is 2.38 bits per heavy atom. The smallest absolute Gasteiger partial charge is 0.235 e. The molecule has 0 bridgehead atoms. The van der Waals surface area contributed by atoms with Crippen LogP contribution >= 0.6 is 0 Å². The zero-order valence-corrected chi connectivity index (χ0v) is 14.4. The summed E-state index contributed by atoms with van der Waals surface area (Å²) in [6.07, 6.45) is 0. The van der Waals surface area contributed by atoms with Crippen LogP contribution in [0.15, 0.2) is 39.5 Å². The van der Waals surface area contributed by atoms with E-state index in [9.17, 15) is 24.9 Å². The lowest BCUT2D eigenvalue weighted by atomic mass is 10.1. The van der Waals surface area contributed by atoms with Crippen molar-refractivity contribution in [3.63, 3.8) is 0 Å². The maximum atomic E-state index is 12.6. The second kappa shape index (κ2) is 6.11. The number of hydrogen-bond acceptors (Lipinski definition) is 6. The van der Waals surface area contributed by atoms with E-state index < -0.39 is 16.9 Å². The lowest BCUT2D eigenvalue weighted by Gasteiger charge is -2.18.